The molecule has 0 fully saturated rings. The minimum atomic E-state index is -0.149. The van der Waals surface area contributed by atoms with Crippen molar-refractivity contribution in [2.24, 2.45) is 0 Å². The van der Waals surface area contributed by atoms with Crippen molar-refractivity contribution in [3.8, 4) is 29.2 Å². The predicted octanol–water partition coefficient (Wildman–Crippen LogP) is 19.1. The highest BCUT2D eigenvalue weighted by Crippen LogP contribution is 2.50. The Morgan fingerprint density at radius 3 is 0.667 bits per heavy atom. The number of nitrogens with zero attached hydrogens (tertiary/aromatic N) is 6. The normalized spacial score (nSPS) is 13.2. The van der Waals surface area contributed by atoms with Gasteiger partial charge in [-0.2, -0.15) is 10.5 Å². The molecule has 3 aromatic heterocycles. The topological polar surface area (TPSA) is 66.7 Å². The fraction of sp³-hybridized carbons (Fsp3) is 0.348. The third kappa shape index (κ3) is 8.10. The molecule has 0 radical (unpaired) electrons. The molecule has 0 N–H and O–H groups in total. The molecule has 10 rings (SSSR count). The van der Waals surface area contributed by atoms with Crippen molar-refractivity contribution in [1.82, 2.24) is 13.7 Å². The molecule has 0 spiro atoms. The Morgan fingerprint density at radius 1 is 0.320 bits per heavy atom. The van der Waals surface area contributed by atoms with Gasteiger partial charge in [0.25, 0.3) is 0 Å². The Morgan fingerprint density at radius 2 is 0.507 bits per heavy atom. The lowest BCUT2D eigenvalue weighted by Crippen LogP contribution is -2.13. The van der Waals surface area contributed by atoms with E-state index in [-0.39, 0.29) is 49.3 Å². The molecule has 378 valence electrons. The third-order valence-electron chi connectivity index (χ3n) is 15.9. The van der Waals surface area contributed by atoms with Gasteiger partial charge in [0, 0.05) is 32.3 Å². The van der Waals surface area contributed by atoms with Gasteiger partial charge in [-0.15, -0.1) is 0 Å². The average Bonchev–Trinajstić information content (AvgIpc) is 3.95. The summed E-state index contributed by atoms with van der Waals surface area (Å²) < 4.78 is 6.49. The lowest BCUT2D eigenvalue weighted by atomic mass is 9.85. The molecule has 0 atom stereocenters. The van der Waals surface area contributed by atoms with Crippen molar-refractivity contribution in [3.05, 3.63) is 165 Å². The molecule has 6 heteroatoms. The van der Waals surface area contributed by atoms with E-state index in [4.69, 9.17) is 0 Å². The van der Waals surface area contributed by atoms with Gasteiger partial charge in [0.15, 0.2) is 0 Å². The SMILES string of the molecule is [C-]#[N+]c1c(-n2c3ccc(C(C)(C)C)cc3c3cc(C(C)(C)C)ccc32)c(C#N)c(-n2c3ccc(C(C)(C)C)cc3c3cc(C(C)(C)C)ccc32)c(C#N)c1-n1c2ccc(C(C)(C)C)cc2c2cc(C(C)(C)C)ccc21. The predicted molar refractivity (Wildman–Crippen MR) is 317 cm³/mol. The van der Waals surface area contributed by atoms with Crippen molar-refractivity contribution in [1.29, 1.82) is 10.5 Å². The first kappa shape index (κ1) is 50.9. The quantitative estimate of drug-likeness (QED) is 0.166. The zero-order valence-electron chi connectivity index (χ0n) is 47.6. The summed E-state index contributed by atoms with van der Waals surface area (Å²) in [5.74, 6) is 0. The lowest BCUT2D eigenvalue weighted by molar-refractivity contribution is 0.590. The van der Waals surface area contributed by atoms with E-state index in [1.807, 2.05) is 0 Å². The van der Waals surface area contributed by atoms with E-state index in [1.165, 1.54) is 33.4 Å². The van der Waals surface area contributed by atoms with Crippen molar-refractivity contribution in [2.75, 3.05) is 0 Å². The first-order valence-electron chi connectivity index (χ1n) is 26.6. The Hall–Kier alpha value is -7.59. The smallest absolute Gasteiger partial charge is 0.236 e. The zero-order chi connectivity index (χ0) is 54.4. The van der Waals surface area contributed by atoms with Crippen LogP contribution in [0.2, 0.25) is 0 Å². The van der Waals surface area contributed by atoms with E-state index < -0.39 is 0 Å². The summed E-state index contributed by atoms with van der Waals surface area (Å²) in [6.45, 7) is 49.7. The molecule has 0 unspecified atom stereocenters. The third-order valence-corrected chi connectivity index (χ3v) is 15.9. The number of benzene rings is 7. The Kier molecular flexibility index (Phi) is 11.3. The molecule has 75 heavy (non-hydrogen) atoms. The molecule has 0 aliphatic heterocycles. The standard InChI is InChI=1S/C69H72N6/c1-64(2,3)40-20-26-54-46(32-40)47-33-41(65(4,5)6)21-27-55(47)73(54)61-52(38-70)62(74-56-28-22-42(66(7,8)9)34-48(56)49-35-43(67(10,11)12)23-29-57(49)74)60(72-19)63(53(61)39-71)75-58-30-24-44(68(13,14)15)36-50(58)51-37-45(69(16,17)18)25-31-59(51)75/h20-37H,1-18H3. The lowest BCUT2D eigenvalue weighted by Gasteiger charge is -2.24. The van der Waals surface area contributed by atoms with Gasteiger partial charge in [0.05, 0.1) is 67.9 Å². The van der Waals surface area contributed by atoms with Gasteiger partial charge in [-0.25, -0.2) is 4.85 Å². The maximum Gasteiger partial charge on any atom is 0.236 e. The number of rotatable bonds is 3. The Labute approximate surface area is 444 Å². The van der Waals surface area contributed by atoms with E-state index in [9.17, 15) is 17.1 Å². The van der Waals surface area contributed by atoms with Gasteiger partial charge in [-0.3, -0.25) is 0 Å². The molecule has 3 heterocycles. The molecule has 0 bridgehead atoms. The number of hydrogen-bond donors (Lipinski definition) is 0. The van der Waals surface area contributed by atoms with Crippen LogP contribution < -0.4 is 0 Å². The second-order valence-electron chi connectivity index (χ2n) is 27.4. The Balaban J connectivity index is 1.50. The highest BCUT2D eigenvalue weighted by Gasteiger charge is 2.34. The van der Waals surface area contributed by atoms with Crippen molar-refractivity contribution >= 4 is 71.1 Å². The molecular weight excluding hydrogens is 913 g/mol. The Bertz CT molecular complexity index is 3520. The summed E-state index contributed by atoms with van der Waals surface area (Å²) >= 11 is 0. The van der Waals surface area contributed by atoms with Crippen LogP contribution in [0.15, 0.2) is 109 Å². The molecule has 0 saturated heterocycles. The van der Waals surface area contributed by atoms with Gasteiger partial charge < -0.3 is 13.7 Å². The van der Waals surface area contributed by atoms with Crippen LogP contribution in [0.5, 0.6) is 0 Å². The summed E-state index contributed by atoms with van der Waals surface area (Å²) in [7, 11) is 0. The van der Waals surface area contributed by atoms with Gasteiger partial charge >= 0.3 is 0 Å². The minimum Gasteiger partial charge on any atom is -0.318 e. The molecule has 6 nitrogen and oxygen atoms in total. The van der Waals surface area contributed by atoms with Crippen molar-refractivity contribution in [2.45, 2.75) is 157 Å². The molecular formula is C69H72N6. The summed E-state index contributed by atoms with van der Waals surface area (Å²) in [4.78, 5) is 4.58. The van der Waals surface area contributed by atoms with E-state index in [0.29, 0.717) is 17.1 Å². The van der Waals surface area contributed by atoms with Crippen LogP contribution in [0.4, 0.5) is 5.69 Å². The second-order valence-corrected chi connectivity index (χ2v) is 27.4. The summed E-state index contributed by atoms with van der Waals surface area (Å²) in [5, 5.41) is 30.7. The number of aromatic nitrogens is 3. The molecule has 0 saturated carbocycles. The average molecular weight is 985 g/mol. The fourth-order valence-electron chi connectivity index (χ4n) is 11.3. The van der Waals surface area contributed by atoms with E-state index in [2.05, 4.69) is 265 Å². The van der Waals surface area contributed by atoms with Crippen LogP contribution in [0, 0.1) is 29.2 Å². The van der Waals surface area contributed by atoms with E-state index in [0.717, 1.165) is 65.4 Å². The summed E-state index contributed by atoms with van der Waals surface area (Å²) in [6, 6.07) is 45.4. The van der Waals surface area contributed by atoms with E-state index >= 15 is 0 Å². The van der Waals surface area contributed by atoms with Gasteiger partial charge in [0.1, 0.15) is 12.1 Å². The van der Waals surface area contributed by atoms with Crippen molar-refractivity contribution in [3.63, 3.8) is 0 Å². The molecule has 0 aliphatic rings. The van der Waals surface area contributed by atoms with Crippen LogP contribution in [-0.2, 0) is 32.5 Å². The van der Waals surface area contributed by atoms with Gasteiger partial charge in [-0.1, -0.05) is 161 Å². The maximum atomic E-state index is 12.2. The van der Waals surface area contributed by atoms with Gasteiger partial charge in [-0.05, 0) is 139 Å². The second kappa shape index (κ2) is 16.7. The van der Waals surface area contributed by atoms with Crippen LogP contribution in [-0.4, -0.2) is 13.7 Å². The monoisotopic (exact) mass is 985 g/mol. The van der Waals surface area contributed by atoms with Crippen LogP contribution in [0.1, 0.15) is 169 Å². The van der Waals surface area contributed by atoms with E-state index in [1.54, 1.807) is 0 Å². The summed E-state index contributed by atoms with van der Waals surface area (Å²) in [5.41, 5.74) is 13.6. The molecule has 0 aliphatic carbocycles. The minimum absolute atomic E-state index is 0.148. The highest BCUT2D eigenvalue weighted by molar-refractivity contribution is 6.15. The number of fused-ring (bicyclic) bond motifs is 9. The van der Waals surface area contributed by atoms with Crippen LogP contribution in [0.3, 0.4) is 0 Å². The van der Waals surface area contributed by atoms with Crippen LogP contribution in [0.25, 0.3) is 87.3 Å². The first-order chi connectivity index (χ1) is 34.9. The maximum absolute atomic E-state index is 12.2. The molecule has 0 amide bonds. The first-order valence-corrected chi connectivity index (χ1v) is 26.6. The molecule has 7 aromatic carbocycles. The highest BCUT2D eigenvalue weighted by atomic mass is 15.1. The molecule has 10 aromatic rings. The number of nitriles is 2. The summed E-state index contributed by atoms with van der Waals surface area (Å²) in [6.07, 6.45) is 0. The number of hydrogen-bond acceptors (Lipinski definition) is 2. The largest absolute Gasteiger partial charge is 0.318 e. The van der Waals surface area contributed by atoms with Crippen molar-refractivity contribution < 1.29 is 0 Å². The van der Waals surface area contributed by atoms with Gasteiger partial charge in [0.2, 0.25) is 5.69 Å². The zero-order valence-corrected chi connectivity index (χ0v) is 47.6. The fourth-order valence-corrected chi connectivity index (χ4v) is 11.3. The van der Waals surface area contributed by atoms with Crippen LogP contribution >= 0.6 is 0 Å².